The van der Waals surface area contributed by atoms with E-state index in [1.807, 2.05) is 13.0 Å². The van der Waals surface area contributed by atoms with Crippen molar-refractivity contribution in [1.82, 2.24) is 25.0 Å². The normalized spacial score (nSPS) is 13.9. The van der Waals surface area contributed by atoms with Crippen LogP contribution in [0.4, 0.5) is 0 Å². The summed E-state index contributed by atoms with van der Waals surface area (Å²) in [6.45, 7) is 6.50. The molecule has 0 spiro atoms. The summed E-state index contributed by atoms with van der Waals surface area (Å²) in [4.78, 5) is 14.4. The van der Waals surface area contributed by atoms with Crippen LogP contribution in [0.1, 0.15) is 34.7 Å². The lowest BCUT2D eigenvalue weighted by atomic mass is 10.2. The Bertz CT molecular complexity index is 1030. The third kappa shape index (κ3) is 5.11. The molecule has 0 atom stereocenters. The molecule has 4 rings (SSSR count). The first kappa shape index (κ1) is 21.9. The van der Waals surface area contributed by atoms with E-state index in [0.717, 1.165) is 55.7 Å². The first-order valence-electron chi connectivity index (χ1n) is 10.9. The number of furan rings is 1. The number of hydrogen-bond donors (Lipinski definition) is 1. The van der Waals surface area contributed by atoms with Gasteiger partial charge in [-0.1, -0.05) is 6.07 Å². The fourth-order valence-electron chi connectivity index (χ4n) is 3.90. The van der Waals surface area contributed by atoms with Gasteiger partial charge in [0.25, 0.3) is 5.91 Å². The lowest BCUT2D eigenvalue weighted by Crippen LogP contribution is -2.28. The molecule has 170 valence electrons. The average molecular weight is 440 g/mol. The van der Waals surface area contributed by atoms with Crippen molar-refractivity contribution in [3.05, 3.63) is 59.6 Å². The number of ether oxygens (including phenoxy) is 2. The number of nitrogens with zero attached hydrogens (tertiary/aromatic N) is 4. The van der Waals surface area contributed by atoms with Crippen LogP contribution in [0.2, 0.25) is 0 Å². The van der Waals surface area contributed by atoms with Crippen molar-refractivity contribution in [3.63, 3.8) is 0 Å². The molecule has 0 saturated heterocycles. The molecule has 1 amide bonds. The van der Waals surface area contributed by atoms with E-state index in [1.54, 1.807) is 19.2 Å². The van der Waals surface area contributed by atoms with Gasteiger partial charge in [0.15, 0.2) is 17.3 Å². The van der Waals surface area contributed by atoms with Crippen LogP contribution in [-0.2, 0) is 25.9 Å². The van der Waals surface area contributed by atoms with Crippen molar-refractivity contribution >= 4 is 5.91 Å². The molecular weight excluding hydrogens is 410 g/mol. The van der Waals surface area contributed by atoms with Crippen molar-refractivity contribution in [1.29, 1.82) is 0 Å². The molecule has 3 aromatic rings. The predicted molar refractivity (Wildman–Crippen MR) is 118 cm³/mol. The van der Waals surface area contributed by atoms with E-state index in [-0.39, 0.29) is 5.91 Å². The Balaban J connectivity index is 1.33. The van der Waals surface area contributed by atoms with Crippen LogP contribution in [0.5, 0.6) is 11.5 Å². The first-order valence-corrected chi connectivity index (χ1v) is 10.9. The Kier molecular flexibility index (Phi) is 7.06. The Hall–Kier alpha value is -3.33. The summed E-state index contributed by atoms with van der Waals surface area (Å²) >= 11 is 0. The second kappa shape index (κ2) is 10.3. The van der Waals surface area contributed by atoms with Gasteiger partial charge in [-0.25, -0.2) is 0 Å². The Labute approximate surface area is 187 Å². The van der Waals surface area contributed by atoms with E-state index in [4.69, 9.17) is 13.9 Å². The van der Waals surface area contributed by atoms with E-state index in [1.165, 1.54) is 11.8 Å². The second-order valence-electron chi connectivity index (χ2n) is 7.61. The quantitative estimate of drug-likeness (QED) is 0.547. The molecule has 0 fully saturated rings. The van der Waals surface area contributed by atoms with Crippen molar-refractivity contribution in [2.45, 2.75) is 32.9 Å². The standard InChI is InChI=1S/C23H29N5O4/c1-3-31-20-15-17(6-7-18(20)30-2)16-27-11-9-22-26-25-21(28(22)13-12-27)8-10-24-23(29)19-5-4-14-32-19/h4-7,14-15H,3,8-13,16H2,1-2H3,(H,24,29). The highest BCUT2D eigenvalue weighted by Gasteiger charge is 2.19. The lowest BCUT2D eigenvalue weighted by molar-refractivity contribution is 0.0926. The fraction of sp³-hybridized carbons (Fsp3) is 0.435. The monoisotopic (exact) mass is 439 g/mol. The topological polar surface area (TPSA) is 94.6 Å². The SMILES string of the molecule is CCOc1cc(CN2CCc3nnc(CCNC(=O)c4ccco4)n3CC2)ccc1OC. The Morgan fingerprint density at radius 3 is 2.88 bits per heavy atom. The zero-order chi connectivity index (χ0) is 22.3. The third-order valence-corrected chi connectivity index (χ3v) is 5.51. The van der Waals surface area contributed by atoms with Gasteiger partial charge in [0, 0.05) is 45.6 Å². The maximum Gasteiger partial charge on any atom is 0.286 e. The van der Waals surface area contributed by atoms with E-state index in [9.17, 15) is 4.79 Å². The van der Waals surface area contributed by atoms with Gasteiger partial charge in [-0.2, -0.15) is 0 Å². The van der Waals surface area contributed by atoms with Gasteiger partial charge in [-0.3, -0.25) is 9.69 Å². The number of amides is 1. The molecule has 32 heavy (non-hydrogen) atoms. The van der Waals surface area contributed by atoms with Crippen LogP contribution in [-0.4, -0.2) is 58.9 Å². The number of carbonyl (C=O) groups is 1. The molecule has 1 N–H and O–H groups in total. The predicted octanol–water partition coefficient (Wildman–Crippen LogP) is 2.31. The number of rotatable bonds is 9. The molecule has 1 aliphatic heterocycles. The van der Waals surface area contributed by atoms with Gasteiger partial charge < -0.3 is 23.8 Å². The van der Waals surface area contributed by atoms with Crippen molar-refractivity contribution < 1.29 is 18.7 Å². The number of hydrogen-bond acceptors (Lipinski definition) is 7. The van der Waals surface area contributed by atoms with Gasteiger partial charge in [0.2, 0.25) is 0 Å². The van der Waals surface area contributed by atoms with Crippen LogP contribution >= 0.6 is 0 Å². The summed E-state index contributed by atoms with van der Waals surface area (Å²) in [6.07, 6.45) is 2.94. The van der Waals surface area contributed by atoms with E-state index >= 15 is 0 Å². The maximum absolute atomic E-state index is 12.0. The summed E-state index contributed by atoms with van der Waals surface area (Å²) in [5.74, 6) is 3.50. The van der Waals surface area contributed by atoms with Crippen LogP contribution in [0, 0.1) is 0 Å². The number of fused-ring (bicyclic) bond motifs is 1. The van der Waals surface area contributed by atoms with E-state index in [0.29, 0.717) is 25.3 Å². The summed E-state index contributed by atoms with van der Waals surface area (Å²) < 4.78 is 18.4. The molecular formula is C23H29N5O4. The summed E-state index contributed by atoms with van der Waals surface area (Å²) in [7, 11) is 1.65. The molecule has 1 aromatic carbocycles. The molecule has 1 aliphatic rings. The maximum atomic E-state index is 12.0. The average Bonchev–Trinajstić information content (AvgIpc) is 3.42. The first-order chi connectivity index (χ1) is 15.7. The highest BCUT2D eigenvalue weighted by atomic mass is 16.5. The zero-order valence-electron chi connectivity index (χ0n) is 18.5. The molecule has 0 radical (unpaired) electrons. The van der Waals surface area contributed by atoms with Crippen molar-refractivity contribution in [2.75, 3.05) is 33.4 Å². The van der Waals surface area contributed by atoms with Crippen LogP contribution < -0.4 is 14.8 Å². The minimum atomic E-state index is -0.220. The third-order valence-electron chi connectivity index (χ3n) is 5.51. The molecule has 0 unspecified atom stereocenters. The second-order valence-corrected chi connectivity index (χ2v) is 7.61. The number of nitrogens with one attached hydrogen (secondary N) is 1. The van der Waals surface area contributed by atoms with Crippen LogP contribution in [0.15, 0.2) is 41.0 Å². The number of benzene rings is 1. The minimum absolute atomic E-state index is 0.220. The molecule has 0 saturated carbocycles. The van der Waals surface area contributed by atoms with Gasteiger partial charge in [-0.05, 0) is 36.8 Å². The van der Waals surface area contributed by atoms with Crippen LogP contribution in [0.3, 0.4) is 0 Å². The van der Waals surface area contributed by atoms with Gasteiger partial charge in [0.1, 0.15) is 11.6 Å². The number of carbonyl (C=O) groups excluding carboxylic acids is 1. The number of methoxy groups -OCH3 is 1. The highest BCUT2D eigenvalue weighted by molar-refractivity contribution is 5.91. The van der Waals surface area contributed by atoms with Crippen molar-refractivity contribution in [2.24, 2.45) is 0 Å². The van der Waals surface area contributed by atoms with Gasteiger partial charge in [0.05, 0.1) is 20.0 Å². The van der Waals surface area contributed by atoms with Gasteiger partial charge in [-0.15, -0.1) is 10.2 Å². The smallest absolute Gasteiger partial charge is 0.286 e. The highest BCUT2D eigenvalue weighted by Crippen LogP contribution is 2.28. The van der Waals surface area contributed by atoms with Gasteiger partial charge >= 0.3 is 0 Å². The molecule has 9 nitrogen and oxygen atoms in total. The summed E-state index contributed by atoms with van der Waals surface area (Å²) in [6, 6.07) is 9.44. The fourth-order valence-corrected chi connectivity index (χ4v) is 3.90. The molecule has 2 aromatic heterocycles. The Morgan fingerprint density at radius 1 is 1.19 bits per heavy atom. The number of aromatic nitrogens is 3. The molecule has 0 bridgehead atoms. The van der Waals surface area contributed by atoms with E-state index < -0.39 is 0 Å². The minimum Gasteiger partial charge on any atom is -0.493 e. The zero-order valence-corrected chi connectivity index (χ0v) is 18.5. The summed E-state index contributed by atoms with van der Waals surface area (Å²) in [5, 5.41) is 11.6. The molecule has 3 heterocycles. The lowest BCUT2D eigenvalue weighted by Gasteiger charge is -2.20. The Morgan fingerprint density at radius 2 is 2.09 bits per heavy atom. The molecule has 0 aliphatic carbocycles. The molecule has 9 heteroatoms. The largest absolute Gasteiger partial charge is 0.493 e. The van der Waals surface area contributed by atoms with Crippen LogP contribution in [0.25, 0.3) is 0 Å². The van der Waals surface area contributed by atoms with E-state index in [2.05, 4.69) is 37.1 Å². The summed E-state index contributed by atoms with van der Waals surface area (Å²) in [5.41, 5.74) is 1.19. The van der Waals surface area contributed by atoms with Crippen molar-refractivity contribution in [3.8, 4) is 11.5 Å².